The number of thiocarbonyl (C=S) groups is 1. The van der Waals surface area contributed by atoms with Crippen molar-refractivity contribution in [3.63, 3.8) is 0 Å². The van der Waals surface area contributed by atoms with Gasteiger partial charge in [-0.15, -0.1) is 0 Å². The van der Waals surface area contributed by atoms with Gasteiger partial charge in [0.1, 0.15) is 39.3 Å². The largest absolute Gasteiger partial charge is 0.494 e. The smallest absolute Gasteiger partial charge is 0.433 e. The summed E-state index contributed by atoms with van der Waals surface area (Å²) in [5.74, 6) is -2.27. The molecule has 2 N–H and O–H groups in total. The zero-order valence-electron chi connectivity index (χ0n) is 20.3. The number of hydrogen-bond acceptors (Lipinski definition) is 6. The molecule has 0 aliphatic rings. The first-order valence-corrected chi connectivity index (χ1v) is 11.6. The van der Waals surface area contributed by atoms with Crippen LogP contribution in [0, 0.1) is 11.6 Å². The predicted molar refractivity (Wildman–Crippen MR) is 136 cm³/mol. The van der Waals surface area contributed by atoms with E-state index in [1.807, 2.05) is 0 Å². The van der Waals surface area contributed by atoms with Gasteiger partial charge in [-0.1, -0.05) is 18.3 Å². The van der Waals surface area contributed by atoms with Gasteiger partial charge in [0.15, 0.2) is 11.6 Å². The van der Waals surface area contributed by atoms with Crippen molar-refractivity contribution >= 4 is 41.8 Å². The molecular formula is C25H18BF5N4O3S. The zero-order chi connectivity index (χ0) is 28.5. The number of pyridine rings is 1. The van der Waals surface area contributed by atoms with Crippen LogP contribution < -0.4 is 15.4 Å². The van der Waals surface area contributed by atoms with E-state index in [2.05, 4.69) is 20.6 Å². The number of aromatic nitrogens is 2. The molecular weight excluding hydrogens is 542 g/mol. The van der Waals surface area contributed by atoms with Crippen LogP contribution in [0.2, 0.25) is 0 Å². The summed E-state index contributed by atoms with van der Waals surface area (Å²) in [5, 5.41) is 5.50. The summed E-state index contributed by atoms with van der Waals surface area (Å²) in [7, 11) is 6.54. The molecule has 0 aliphatic heterocycles. The highest BCUT2D eigenvalue weighted by atomic mass is 32.1. The Morgan fingerprint density at radius 1 is 1.15 bits per heavy atom. The van der Waals surface area contributed by atoms with E-state index in [0.717, 1.165) is 18.2 Å². The second kappa shape index (κ2) is 11.0. The maximum Gasteiger partial charge on any atom is 0.433 e. The minimum absolute atomic E-state index is 0.00264. The average Bonchev–Trinajstić information content (AvgIpc) is 3.31. The van der Waals surface area contributed by atoms with E-state index in [1.165, 1.54) is 31.4 Å². The molecule has 39 heavy (non-hydrogen) atoms. The Morgan fingerprint density at radius 3 is 2.54 bits per heavy atom. The lowest BCUT2D eigenvalue weighted by Gasteiger charge is -2.13. The molecule has 0 spiro atoms. The third-order valence-corrected chi connectivity index (χ3v) is 5.97. The summed E-state index contributed by atoms with van der Waals surface area (Å²) in [4.78, 5) is 19.6. The van der Waals surface area contributed by atoms with Crippen LogP contribution in [0.25, 0.3) is 22.4 Å². The topological polar surface area (TPSA) is 89.3 Å². The number of halogens is 5. The number of nitrogens with zero attached hydrogens (tertiary/aromatic N) is 2. The first-order valence-electron chi connectivity index (χ1n) is 11.2. The van der Waals surface area contributed by atoms with Gasteiger partial charge in [0, 0.05) is 29.1 Å². The van der Waals surface area contributed by atoms with E-state index in [-0.39, 0.29) is 56.7 Å². The number of nitrogens with one attached hydrogen (secondary N) is 2. The van der Waals surface area contributed by atoms with Crippen LogP contribution in [0.4, 0.5) is 26.7 Å². The number of alkyl halides is 3. The first-order chi connectivity index (χ1) is 18.4. The molecule has 4 aromatic rings. The molecule has 2 radical (unpaired) electrons. The van der Waals surface area contributed by atoms with Crippen LogP contribution in [-0.4, -0.2) is 35.7 Å². The first kappa shape index (κ1) is 28.0. The molecule has 0 unspecified atom stereocenters. The van der Waals surface area contributed by atoms with E-state index < -0.39 is 35.4 Å². The second-order valence-electron chi connectivity index (χ2n) is 8.29. The van der Waals surface area contributed by atoms with Gasteiger partial charge in [-0.3, -0.25) is 4.79 Å². The molecule has 0 saturated carbocycles. The van der Waals surface area contributed by atoms with Gasteiger partial charge in [0.05, 0.1) is 13.2 Å². The van der Waals surface area contributed by atoms with Crippen molar-refractivity contribution in [3.05, 3.63) is 76.8 Å². The summed E-state index contributed by atoms with van der Waals surface area (Å²) in [5.41, 5.74) is -0.746. The van der Waals surface area contributed by atoms with Gasteiger partial charge in [-0.2, -0.15) is 13.2 Å². The molecule has 4 rings (SSSR count). The SMILES string of the molecule is [B]C(=O)N[C@H](C)c1oc(-c2ccc(OC)c3nc(C(F)(F)F)ccc23)nc1C(=S)NCc1ccc(F)cc1F. The molecule has 0 bridgehead atoms. The second-order valence-corrected chi connectivity index (χ2v) is 8.69. The molecule has 2 aromatic heterocycles. The fraction of sp³-hybridized carbons (Fsp3) is 0.200. The third kappa shape index (κ3) is 6.00. The fourth-order valence-electron chi connectivity index (χ4n) is 3.81. The van der Waals surface area contributed by atoms with Gasteiger partial charge in [0.2, 0.25) is 13.7 Å². The lowest BCUT2D eigenvalue weighted by molar-refractivity contribution is -0.140. The standard InChI is InChI=1S/C25H18BF5N4O3S/c1-11(33-24(26)36)21-20(23(39)32-10-12-3-4-13(27)9-16(12)28)35-22(38-21)15-5-7-17(37-2)19-14(15)6-8-18(34-19)25(29,30)31/h3-9,11H,10H2,1-2H3,(H,32,39)(H,33,36)/t11-/m1/s1. The summed E-state index contributed by atoms with van der Waals surface area (Å²) < 4.78 is 78.4. The number of carbonyl (C=O) groups is 1. The Balaban J connectivity index is 1.78. The van der Waals surface area contributed by atoms with Gasteiger partial charge < -0.3 is 19.8 Å². The zero-order valence-corrected chi connectivity index (χ0v) is 21.1. The number of benzene rings is 2. The molecule has 7 nitrogen and oxygen atoms in total. The number of ether oxygens (including phenoxy) is 1. The fourth-order valence-corrected chi connectivity index (χ4v) is 4.03. The molecule has 200 valence electrons. The van der Waals surface area contributed by atoms with Crippen molar-refractivity contribution < 1.29 is 35.9 Å². The van der Waals surface area contributed by atoms with Gasteiger partial charge in [0.25, 0.3) is 0 Å². The van der Waals surface area contributed by atoms with E-state index >= 15 is 0 Å². The normalized spacial score (nSPS) is 12.3. The van der Waals surface area contributed by atoms with Crippen LogP contribution in [0.1, 0.15) is 35.7 Å². The summed E-state index contributed by atoms with van der Waals surface area (Å²) in [6, 6.07) is 7.20. The summed E-state index contributed by atoms with van der Waals surface area (Å²) in [6.45, 7) is 1.42. The molecule has 1 atom stereocenters. The summed E-state index contributed by atoms with van der Waals surface area (Å²) in [6.07, 6.45) is -4.68. The predicted octanol–water partition coefficient (Wildman–Crippen LogP) is 5.60. The van der Waals surface area contributed by atoms with Gasteiger partial charge in [-0.25, -0.2) is 18.7 Å². The van der Waals surface area contributed by atoms with Crippen molar-refractivity contribution in [2.24, 2.45) is 0 Å². The minimum atomic E-state index is -4.68. The van der Waals surface area contributed by atoms with Crippen LogP contribution in [-0.2, 0) is 12.7 Å². The minimum Gasteiger partial charge on any atom is -0.494 e. The molecule has 14 heteroatoms. The Hall–Kier alpha value is -4.07. The Morgan fingerprint density at radius 2 is 1.90 bits per heavy atom. The number of amides is 1. The number of hydrogen-bond donors (Lipinski definition) is 2. The van der Waals surface area contributed by atoms with Crippen molar-refractivity contribution in [1.29, 1.82) is 0 Å². The Labute approximate surface area is 225 Å². The Bertz CT molecular complexity index is 1580. The lowest BCUT2D eigenvalue weighted by atomic mass is 10.1. The highest BCUT2D eigenvalue weighted by Gasteiger charge is 2.33. The molecule has 0 fully saturated rings. The van der Waals surface area contributed by atoms with Crippen LogP contribution in [0.3, 0.4) is 0 Å². The number of methoxy groups -OCH3 is 1. The molecule has 0 saturated heterocycles. The highest BCUT2D eigenvalue weighted by molar-refractivity contribution is 7.80. The van der Waals surface area contributed by atoms with Crippen molar-refractivity contribution in [1.82, 2.24) is 20.6 Å². The van der Waals surface area contributed by atoms with Crippen molar-refractivity contribution in [2.75, 3.05) is 7.11 Å². The van der Waals surface area contributed by atoms with E-state index in [4.69, 9.17) is 29.2 Å². The van der Waals surface area contributed by atoms with E-state index in [1.54, 1.807) is 6.92 Å². The molecule has 0 aliphatic carbocycles. The molecule has 2 aromatic carbocycles. The quantitative estimate of drug-likeness (QED) is 0.173. The molecule has 2 heterocycles. The van der Waals surface area contributed by atoms with Crippen LogP contribution in [0.5, 0.6) is 5.75 Å². The number of fused-ring (bicyclic) bond motifs is 1. The summed E-state index contributed by atoms with van der Waals surface area (Å²) >= 11 is 5.43. The van der Waals surface area contributed by atoms with E-state index in [9.17, 15) is 26.7 Å². The maximum absolute atomic E-state index is 14.1. The third-order valence-electron chi connectivity index (χ3n) is 5.64. The Kier molecular flexibility index (Phi) is 7.86. The van der Waals surface area contributed by atoms with Crippen molar-refractivity contribution in [2.45, 2.75) is 25.7 Å². The maximum atomic E-state index is 14.1. The average molecular weight is 560 g/mol. The van der Waals surface area contributed by atoms with E-state index in [0.29, 0.717) is 0 Å². The number of carbonyl (C=O) groups excluding carboxylic acids is 1. The van der Waals surface area contributed by atoms with Gasteiger partial charge >= 0.3 is 6.18 Å². The monoisotopic (exact) mass is 560 g/mol. The van der Waals surface area contributed by atoms with Crippen LogP contribution in [0.15, 0.2) is 46.9 Å². The molecule has 1 amide bonds. The van der Waals surface area contributed by atoms with Crippen LogP contribution >= 0.6 is 12.2 Å². The highest BCUT2D eigenvalue weighted by Crippen LogP contribution is 2.37. The number of oxazole rings is 1. The number of rotatable bonds is 7. The lowest BCUT2D eigenvalue weighted by Crippen LogP contribution is -2.28. The van der Waals surface area contributed by atoms with Gasteiger partial charge in [-0.05, 0) is 37.3 Å². The van der Waals surface area contributed by atoms with Crippen molar-refractivity contribution in [3.8, 4) is 17.2 Å².